The van der Waals surface area contributed by atoms with E-state index in [1.54, 1.807) is 9.47 Å². The minimum atomic E-state index is -1.06. The number of imidazole rings is 1. The van der Waals surface area contributed by atoms with Crippen molar-refractivity contribution in [3.05, 3.63) is 89.5 Å². The summed E-state index contributed by atoms with van der Waals surface area (Å²) in [4.78, 5) is 32.4. The number of amides is 2. The number of para-hydroxylation sites is 2. The molecule has 1 aliphatic rings. The fourth-order valence-electron chi connectivity index (χ4n) is 4.20. The van der Waals surface area contributed by atoms with Gasteiger partial charge in [0.15, 0.2) is 11.6 Å². The van der Waals surface area contributed by atoms with Crippen molar-refractivity contribution in [2.24, 2.45) is 0 Å². The molecule has 6 nitrogen and oxygen atoms in total. The van der Waals surface area contributed by atoms with Gasteiger partial charge in [-0.15, -0.1) is 0 Å². The predicted molar refractivity (Wildman–Crippen MR) is 121 cm³/mol. The maximum absolute atomic E-state index is 13.5. The number of fused-ring (bicyclic) bond motifs is 3. The van der Waals surface area contributed by atoms with Gasteiger partial charge in [-0.1, -0.05) is 42.0 Å². The van der Waals surface area contributed by atoms with Gasteiger partial charge in [0.1, 0.15) is 6.04 Å². The molecule has 3 aromatic carbocycles. The minimum Gasteiger partial charge on any atom is -0.326 e. The van der Waals surface area contributed by atoms with Crippen molar-refractivity contribution < 1.29 is 18.4 Å². The van der Waals surface area contributed by atoms with E-state index in [9.17, 15) is 18.4 Å². The van der Waals surface area contributed by atoms with E-state index in [1.807, 2.05) is 55.5 Å². The first-order valence-electron chi connectivity index (χ1n) is 10.5. The number of anilines is 2. The largest absolute Gasteiger partial charge is 0.326 e. The van der Waals surface area contributed by atoms with Crippen LogP contribution < -0.4 is 10.2 Å². The van der Waals surface area contributed by atoms with E-state index in [2.05, 4.69) is 10.3 Å². The molecule has 0 radical (unpaired) electrons. The van der Waals surface area contributed by atoms with Gasteiger partial charge in [0.2, 0.25) is 11.9 Å². The van der Waals surface area contributed by atoms with E-state index >= 15 is 0 Å². The molecule has 0 fully saturated rings. The molecule has 0 unspecified atom stereocenters. The smallest absolute Gasteiger partial charge is 0.253 e. The van der Waals surface area contributed by atoms with Gasteiger partial charge < -0.3 is 5.32 Å². The SMILES string of the molecule is Cc1cccc(CN2C(=O)[C@H](CC(=O)Nc3ccc(F)c(F)c3)n3c2nc2ccccc23)c1. The lowest BCUT2D eigenvalue weighted by atomic mass is 10.1. The van der Waals surface area contributed by atoms with Crippen LogP contribution in [-0.4, -0.2) is 21.4 Å². The lowest BCUT2D eigenvalue weighted by Crippen LogP contribution is -2.31. The first-order chi connectivity index (χ1) is 15.9. The van der Waals surface area contributed by atoms with Crippen molar-refractivity contribution >= 4 is 34.5 Å². The standard InChI is InChI=1S/C25H20F2N4O2/c1-15-5-4-6-16(11-15)14-30-24(33)22(31-21-8-3-2-7-20(21)29-25(30)31)13-23(32)28-17-9-10-18(26)19(27)12-17/h2-12,22H,13-14H2,1H3,(H,28,32)/t22-/m0/s1. The van der Waals surface area contributed by atoms with Gasteiger partial charge in [0, 0.05) is 11.8 Å². The van der Waals surface area contributed by atoms with Crippen LogP contribution in [0.15, 0.2) is 66.7 Å². The summed E-state index contributed by atoms with van der Waals surface area (Å²) in [5.41, 5.74) is 3.62. The third kappa shape index (κ3) is 3.84. The Kier molecular flexibility index (Phi) is 5.12. The molecule has 4 aromatic rings. The molecule has 0 saturated heterocycles. The summed E-state index contributed by atoms with van der Waals surface area (Å²) in [5.74, 6) is -2.31. The Labute approximate surface area is 188 Å². The molecule has 2 heterocycles. The summed E-state index contributed by atoms with van der Waals surface area (Å²) in [6, 6.07) is 17.6. The molecular weight excluding hydrogens is 426 g/mol. The Bertz CT molecular complexity index is 1400. The zero-order valence-electron chi connectivity index (χ0n) is 17.8. The normalized spacial score (nSPS) is 15.2. The zero-order valence-corrected chi connectivity index (χ0v) is 17.8. The van der Waals surface area contributed by atoms with Crippen LogP contribution in [0, 0.1) is 18.6 Å². The molecule has 0 saturated carbocycles. The van der Waals surface area contributed by atoms with Crippen LogP contribution in [0.1, 0.15) is 23.6 Å². The van der Waals surface area contributed by atoms with Crippen LogP contribution in [0.3, 0.4) is 0 Å². The average molecular weight is 446 g/mol. The van der Waals surface area contributed by atoms with Gasteiger partial charge in [-0.25, -0.2) is 13.8 Å². The Morgan fingerprint density at radius 3 is 2.64 bits per heavy atom. The molecule has 0 spiro atoms. The lowest BCUT2D eigenvalue weighted by molar-refractivity contribution is -0.124. The lowest BCUT2D eigenvalue weighted by Gasteiger charge is -2.16. The number of carbonyl (C=O) groups is 2. The summed E-state index contributed by atoms with van der Waals surface area (Å²) >= 11 is 0. The summed E-state index contributed by atoms with van der Waals surface area (Å²) in [5, 5.41) is 2.55. The van der Waals surface area contributed by atoms with Gasteiger partial charge in [-0.05, 0) is 36.8 Å². The zero-order chi connectivity index (χ0) is 23.1. The molecule has 5 rings (SSSR count). The topological polar surface area (TPSA) is 67.2 Å². The Morgan fingerprint density at radius 2 is 1.85 bits per heavy atom. The Hall–Kier alpha value is -4.07. The molecule has 2 amide bonds. The minimum absolute atomic E-state index is 0.122. The summed E-state index contributed by atoms with van der Waals surface area (Å²) in [6.45, 7) is 2.31. The number of nitrogens with one attached hydrogen (secondary N) is 1. The number of nitrogens with zero attached hydrogens (tertiary/aromatic N) is 3. The quantitative estimate of drug-likeness (QED) is 0.482. The van der Waals surface area contributed by atoms with E-state index < -0.39 is 23.6 Å². The maximum Gasteiger partial charge on any atom is 0.253 e. The van der Waals surface area contributed by atoms with E-state index in [-0.39, 0.29) is 18.0 Å². The number of rotatable bonds is 5. The van der Waals surface area contributed by atoms with Crippen molar-refractivity contribution in [3.8, 4) is 0 Å². The van der Waals surface area contributed by atoms with Crippen LogP contribution >= 0.6 is 0 Å². The van der Waals surface area contributed by atoms with Crippen LogP contribution in [-0.2, 0) is 16.1 Å². The first kappa shape index (κ1) is 20.8. The fraction of sp³-hybridized carbons (Fsp3) is 0.160. The molecule has 1 aromatic heterocycles. The van der Waals surface area contributed by atoms with Gasteiger partial charge in [0.25, 0.3) is 5.91 Å². The highest BCUT2D eigenvalue weighted by molar-refractivity contribution is 6.05. The van der Waals surface area contributed by atoms with E-state index in [0.29, 0.717) is 12.5 Å². The molecular formula is C25H20F2N4O2. The van der Waals surface area contributed by atoms with Crippen LogP contribution in [0.4, 0.5) is 20.4 Å². The molecule has 1 atom stereocenters. The Balaban J connectivity index is 1.46. The Morgan fingerprint density at radius 1 is 1.03 bits per heavy atom. The van der Waals surface area contributed by atoms with Crippen LogP contribution in [0.25, 0.3) is 11.0 Å². The van der Waals surface area contributed by atoms with Gasteiger partial charge >= 0.3 is 0 Å². The van der Waals surface area contributed by atoms with Crippen molar-refractivity contribution in [1.82, 2.24) is 9.55 Å². The molecule has 8 heteroatoms. The highest BCUT2D eigenvalue weighted by atomic mass is 19.2. The number of aryl methyl sites for hydroxylation is 1. The van der Waals surface area contributed by atoms with Gasteiger partial charge in [-0.2, -0.15) is 0 Å². The summed E-state index contributed by atoms with van der Waals surface area (Å²) in [7, 11) is 0. The third-order valence-corrected chi connectivity index (χ3v) is 5.69. The van der Waals surface area contributed by atoms with Gasteiger partial charge in [0.05, 0.1) is 24.0 Å². The second-order valence-corrected chi connectivity index (χ2v) is 8.08. The molecule has 0 aliphatic carbocycles. The van der Waals surface area contributed by atoms with Gasteiger partial charge in [-0.3, -0.25) is 19.1 Å². The molecule has 0 bridgehead atoms. The predicted octanol–water partition coefficient (Wildman–Crippen LogP) is 4.74. The molecule has 1 aliphatic heterocycles. The highest BCUT2D eigenvalue weighted by Crippen LogP contribution is 2.37. The summed E-state index contributed by atoms with van der Waals surface area (Å²) in [6.07, 6.45) is -0.171. The number of hydrogen-bond donors (Lipinski definition) is 1. The summed E-state index contributed by atoms with van der Waals surface area (Å²) < 4.78 is 28.5. The van der Waals surface area contributed by atoms with Crippen LogP contribution in [0.5, 0.6) is 0 Å². The second-order valence-electron chi connectivity index (χ2n) is 8.08. The second kappa shape index (κ2) is 8.12. The monoisotopic (exact) mass is 446 g/mol. The highest BCUT2D eigenvalue weighted by Gasteiger charge is 2.40. The van der Waals surface area contributed by atoms with Crippen molar-refractivity contribution in [1.29, 1.82) is 0 Å². The average Bonchev–Trinajstić information content (AvgIpc) is 3.27. The number of aromatic nitrogens is 2. The molecule has 33 heavy (non-hydrogen) atoms. The fourth-order valence-corrected chi connectivity index (χ4v) is 4.20. The van der Waals surface area contributed by atoms with Crippen LogP contribution in [0.2, 0.25) is 0 Å². The number of halogens is 2. The van der Waals surface area contributed by atoms with E-state index in [0.717, 1.165) is 34.3 Å². The first-order valence-corrected chi connectivity index (χ1v) is 10.5. The maximum atomic E-state index is 13.5. The van der Waals surface area contributed by atoms with E-state index in [1.165, 1.54) is 6.07 Å². The van der Waals surface area contributed by atoms with Crippen molar-refractivity contribution in [2.45, 2.75) is 25.9 Å². The van der Waals surface area contributed by atoms with Crippen molar-refractivity contribution in [3.63, 3.8) is 0 Å². The third-order valence-electron chi connectivity index (χ3n) is 5.69. The molecule has 166 valence electrons. The molecule has 1 N–H and O–H groups in total. The number of benzene rings is 3. The number of carbonyl (C=O) groups excluding carboxylic acids is 2. The number of hydrogen-bond acceptors (Lipinski definition) is 3. The van der Waals surface area contributed by atoms with E-state index in [4.69, 9.17) is 0 Å². The van der Waals surface area contributed by atoms with Crippen molar-refractivity contribution in [2.75, 3.05) is 10.2 Å².